The summed E-state index contributed by atoms with van der Waals surface area (Å²) in [5.74, 6) is 1.02. The topological polar surface area (TPSA) is 103 Å². The molecular formula is C28H41N5O5. The van der Waals surface area contributed by atoms with Crippen LogP contribution in [0.4, 0.5) is 9.59 Å². The third-order valence-electron chi connectivity index (χ3n) is 8.53. The molecule has 4 heterocycles. The van der Waals surface area contributed by atoms with Crippen LogP contribution in [0, 0.1) is 5.92 Å². The fourth-order valence-corrected chi connectivity index (χ4v) is 6.53. The van der Waals surface area contributed by atoms with E-state index in [9.17, 15) is 14.4 Å². The highest BCUT2D eigenvalue weighted by Crippen LogP contribution is 2.35. The van der Waals surface area contributed by atoms with E-state index in [2.05, 4.69) is 15.5 Å². The maximum absolute atomic E-state index is 13.2. The Morgan fingerprint density at radius 2 is 1.79 bits per heavy atom. The Balaban J connectivity index is 1.18. The average Bonchev–Trinajstić information content (AvgIpc) is 3.42. The number of amides is 4. The molecule has 10 nitrogen and oxygen atoms in total. The third-order valence-corrected chi connectivity index (χ3v) is 8.53. The van der Waals surface area contributed by atoms with Crippen molar-refractivity contribution in [3.8, 4) is 5.75 Å². The number of nitrogens with zero attached hydrogens (tertiary/aromatic N) is 3. The number of ether oxygens (including phenoxy) is 2. The van der Waals surface area contributed by atoms with Gasteiger partial charge < -0.3 is 34.8 Å². The highest BCUT2D eigenvalue weighted by atomic mass is 16.6. The minimum absolute atomic E-state index is 0.0114. The van der Waals surface area contributed by atoms with Crippen LogP contribution in [0.2, 0.25) is 0 Å². The molecule has 4 aliphatic heterocycles. The summed E-state index contributed by atoms with van der Waals surface area (Å²) in [6, 6.07) is 5.88. The second kappa shape index (κ2) is 10.3. The SMILES string of the molecule is COc1ccc2c(c1)CN(CC1(C3CCN(C4CCN(C(=O)OC(C)(C)C)CC4)CC3)CNC(=O)N1)C2=O. The lowest BCUT2D eigenvalue weighted by atomic mass is 9.77. The van der Waals surface area contributed by atoms with E-state index in [0.29, 0.717) is 44.3 Å². The van der Waals surface area contributed by atoms with E-state index < -0.39 is 11.1 Å². The van der Waals surface area contributed by atoms with Crippen LogP contribution in [-0.4, -0.2) is 96.3 Å². The number of carbonyl (C=O) groups is 3. The van der Waals surface area contributed by atoms with Crippen molar-refractivity contribution in [2.45, 2.75) is 70.2 Å². The maximum Gasteiger partial charge on any atom is 0.410 e. The first-order chi connectivity index (χ1) is 18.1. The molecule has 0 aromatic heterocycles. The third kappa shape index (κ3) is 5.41. The lowest BCUT2D eigenvalue weighted by Gasteiger charge is -2.46. The molecule has 0 aliphatic carbocycles. The molecule has 4 amide bonds. The first kappa shape index (κ1) is 26.6. The van der Waals surface area contributed by atoms with Crippen molar-refractivity contribution in [1.29, 1.82) is 0 Å². The van der Waals surface area contributed by atoms with Crippen LogP contribution in [0.15, 0.2) is 18.2 Å². The van der Waals surface area contributed by atoms with Gasteiger partial charge in [-0.3, -0.25) is 4.79 Å². The van der Waals surface area contributed by atoms with Crippen LogP contribution < -0.4 is 15.4 Å². The van der Waals surface area contributed by atoms with E-state index in [-0.39, 0.29) is 23.9 Å². The minimum Gasteiger partial charge on any atom is -0.497 e. The first-order valence-corrected chi connectivity index (χ1v) is 13.8. The van der Waals surface area contributed by atoms with Gasteiger partial charge in [-0.15, -0.1) is 0 Å². The lowest BCUT2D eigenvalue weighted by Crippen LogP contribution is -2.60. The van der Waals surface area contributed by atoms with Gasteiger partial charge in [-0.2, -0.15) is 0 Å². The predicted molar refractivity (Wildman–Crippen MR) is 142 cm³/mol. The fraction of sp³-hybridized carbons (Fsp3) is 0.679. The molecule has 0 bridgehead atoms. The van der Waals surface area contributed by atoms with Crippen molar-refractivity contribution in [2.24, 2.45) is 5.92 Å². The molecule has 1 unspecified atom stereocenters. The van der Waals surface area contributed by atoms with E-state index in [4.69, 9.17) is 9.47 Å². The Bertz CT molecular complexity index is 1070. The van der Waals surface area contributed by atoms with Gasteiger partial charge in [0.2, 0.25) is 0 Å². The summed E-state index contributed by atoms with van der Waals surface area (Å²) in [5, 5.41) is 6.19. The molecule has 3 saturated heterocycles. The number of nitrogens with one attached hydrogen (secondary N) is 2. The minimum atomic E-state index is -0.481. The number of benzene rings is 1. The molecule has 10 heteroatoms. The van der Waals surface area contributed by atoms with Crippen molar-refractivity contribution in [3.05, 3.63) is 29.3 Å². The smallest absolute Gasteiger partial charge is 0.410 e. The number of fused-ring (bicyclic) bond motifs is 1. The van der Waals surface area contributed by atoms with Gasteiger partial charge in [-0.1, -0.05) is 0 Å². The zero-order valence-electron chi connectivity index (χ0n) is 23.0. The van der Waals surface area contributed by atoms with Gasteiger partial charge in [0.15, 0.2) is 0 Å². The van der Waals surface area contributed by atoms with Gasteiger partial charge in [0.1, 0.15) is 11.4 Å². The summed E-state index contributed by atoms with van der Waals surface area (Å²) in [5.41, 5.74) is 0.719. The van der Waals surface area contributed by atoms with Crippen molar-refractivity contribution in [3.63, 3.8) is 0 Å². The molecule has 1 aromatic rings. The number of hydrogen-bond acceptors (Lipinski definition) is 6. The number of piperidine rings is 2. The van der Waals surface area contributed by atoms with Crippen LogP contribution in [0.3, 0.4) is 0 Å². The zero-order chi connectivity index (χ0) is 27.1. The van der Waals surface area contributed by atoms with Crippen LogP contribution >= 0.6 is 0 Å². The van der Waals surface area contributed by atoms with Gasteiger partial charge in [0.05, 0.1) is 12.6 Å². The Kier molecular flexibility index (Phi) is 7.19. The summed E-state index contributed by atoms with van der Waals surface area (Å²) >= 11 is 0. The number of urea groups is 1. The molecule has 2 N–H and O–H groups in total. The quantitative estimate of drug-likeness (QED) is 0.611. The number of carbonyl (C=O) groups excluding carboxylic acids is 3. The zero-order valence-corrected chi connectivity index (χ0v) is 23.0. The summed E-state index contributed by atoms with van der Waals surface area (Å²) in [7, 11) is 1.63. The van der Waals surface area contributed by atoms with E-state index in [1.54, 1.807) is 7.11 Å². The second-order valence-corrected chi connectivity index (χ2v) is 12.2. The molecule has 1 atom stereocenters. The van der Waals surface area contributed by atoms with E-state index in [0.717, 1.165) is 50.1 Å². The summed E-state index contributed by atoms with van der Waals surface area (Å²) in [4.78, 5) is 44.2. The molecule has 0 spiro atoms. The standard InChI is InChI=1S/C28H41N5O5/c1-27(2,3)38-26(36)32-13-9-21(10-14-32)31-11-7-20(8-12-31)28(17-29-25(35)30-28)18-33-16-19-15-22(37-4)5-6-23(19)24(33)34/h5-6,15,20-21H,7-14,16-18H2,1-4H3,(H2,29,30,35). The largest absolute Gasteiger partial charge is 0.497 e. The molecule has 0 saturated carbocycles. The predicted octanol–water partition coefficient (Wildman–Crippen LogP) is 2.81. The van der Waals surface area contributed by atoms with Gasteiger partial charge in [0, 0.05) is 44.3 Å². The van der Waals surface area contributed by atoms with Crippen LogP contribution in [0.1, 0.15) is 62.4 Å². The van der Waals surface area contributed by atoms with Gasteiger partial charge in [-0.25, -0.2) is 9.59 Å². The highest BCUT2D eigenvalue weighted by molar-refractivity contribution is 5.98. The second-order valence-electron chi connectivity index (χ2n) is 12.2. The van der Waals surface area contributed by atoms with Crippen LogP contribution in [0.5, 0.6) is 5.75 Å². The van der Waals surface area contributed by atoms with Gasteiger partial charge >= 0.3 is 12.1 Å². The molecule has 5 rings (SSSR count). The lowest BCUT2D eigenvalue weighted by molar-refractivity contribution is 0.00913. The number of hydrogen-bond donors (Lipinski definition) is 2. The molecule has 0 radical (unpaired) electrons. The van der Waals surface area contributed by atoms with Gasteiger partial charge in [-0.05, 0) is 89.2 Å². The van der Waals surface area contributed by atoms with Crippen molar-refractivity contribution in [1.82, 2.24) is 25.3 Å². The average molecular weight is 528 g/mol. The van der Waals surface area contributed by atoms with E-state index in [1.807, 2.05) is 48.8 Å². The van der Waals surface area contributed by atoms with E-state index >= 15 is 0 Å². The Labute approximate surface area is 225 Å². The Hall–Kier alpha value is -3.01. The van der Waals surface area contributed by atoms with E-state index in [1.165, 1.54) is 0 Å². The fourth-order valence-electron chi connectivity index (χ4n) is 6.53. The number of rotatable bonds is 5. The van der Waals surface area contributed by atoms with Crippen molar-refractivity contribution in [2.75, 3.05) is 46.4 Å². The normalized spacial score (nSPS) is 25.3. The molecular weight excluding hydrogens is 486 g/mol. The molecule has 38 heavy (non-hydrogen) atoms. The summed E-state index contributed by atoms with van der Waals surface area (Å²) in [6.07, 6.45) is 3.57. The molecule has 208 valence electrons. The summed E-state index contributed by atoms with van der Waals surface area (Å²) in [6.45, 7) is 10.5. The van der Waals surface area contributed by atoms with Gasteiger partial charge in [0.25, 0.3) is 5.91 Å². The molecule has 4 aliphatic rings. The van der Waals surface area contributed by atoms with Crippen molar-refractivity contribution < 1.29 is 23.9 Å². The highest BCUT2D eigenvalue weighted by Gasteiger charge is 2.48. The molecule has 1 aromatic carbocycles. The van der Waals surface area contributed by atoms with Crippen LogP contribution in [0.25, 0.3) is 0 Å². The monoisotopic (exact) mass is 527 g/mol. The number of likely N-dealkylation sites (tertiary alicyclic amines) is 2. The number of methoxy groups -OCH3 is 1. The molecule has 3 fully saturated rings. The van der Waals surface area contributed by atoms with Crippen LogP contribution in [-0.2, 0) is 11.3 Å². The Morgan fingerprint density at radius 1 is 1.08 bits per heavy atom. The first-order valence-electron chi connectivity index (χ1n) is 13.8. The maximum atomic E-state index is 13.2. The van der Waals surface area contributed by atoms with Crippen molar-refractivity contribution >= 4 is 18.0 Å². The Morgan fingerprint density at radius 3 is 2.39 bits per heavy atom. The summed E-state index contributed by atoms with van der Waals surface area (Å²) < 4.78 is 10.9.